The van der Waals surface area contributed by atoms with Crippen molar-refractivity contribution >= 4 is 46.4 Å². The highest BCUT2D eigenvalue weighted by molar-refractivity contribution is 5.83. The molecule has 3 aromatic heterocycles. The van der Waals surface area contributed by atoms with Crippen molar-refractivity contribution in [3.05, 3.63) is 69.3 Å². The first-order chi connectivity index (χ1) is 15.7. The Morgan fingerprint density at radius 1 is 0.469 bits per heavy atom. The lowest BCUT2D eigenvalue weighted by Gasteiger charge is -2.02. The molecule has 0 saturated carbocycles. The largest absolute Gasteiger partial charge is 0.355 e. The predicted octanol–water partition coefficient (Wildman–Crippen LogP) is 6.91. The van der Waals surface area contributed by atoms with E-state index in [1.165, 1.54) is 22.3 Å². The average molecular weight is 423 g/mol. The van der Waals surface area contributed by atoms with Crippen molar-refractivity contribution in [2.24, 2.45) is 0 Å². The van der Waals surface area contributed by atoms with Crippen LogP contribution in [0.5, 0.6) is 0 Å². The number of H-pyrrole nitrogens is 2. The van der Waals surface area contributed by atoms with Crippen LogP contribution < -0.4 is 0 Å². The van der Waals surface area contributed by atoms with E-state index in [2.05, 4.69) is 86.2 Å². The summed E-state index contributed by atoms with van der Waals surface area (Å²) in [6.07, 6.45) is 12.3. The van der Waals surface area contributed by atoms with Crippen molar-refractivity contribution in [3.8, 4) is 0 Å². The SMILES string of the molecule is CCc1c2nc(c(CC)c3ccc([nH]3)c(CC)c3ccc([nH]3)c(CC)c3nc1C=C3)C=C2. The minimum atomic E-state index is 0.893. The molecule has 0 amide bonds. The third-order valence-electron chi connectivity index (χ3n) is 6.60. The van der Waals surface area contributed by atoms with Gasteiger partial charge in [0, 0.05) is 38.8 Å². The standard InChI is InChI=1S/C28H30N4/c1-5-17-21-9-11-23(29-21)18(6-2)25-13-15-27(31-25)20(8-4)28-16-14-26(32-28)19(7-3)24-12-10-22(17)30-24/h9-16,29-30H,5-8H2,1-4H3. The molecule has 3 aromatic rings. The van der Waals surface area contributed by atoms with Crippen LogP contribution in [0.3, 0.4) is 0 Å². The fourth-order valence-corrected chi connectivity index (χ4v) is 4.93. The molecule has 0 saturated heterocycles. The van der Waals surface area contributed by atoms with Gasteiger partial charge in [-0.1, -0.05) is 27.7 Å². The number of aromatic nitrogens is 4. The first-order valence-electron chi connectivity index (χ1n) is 11.8. The van der Waals surface area contributed by atoms with Crippen LogP contribution in [0.15, 0.2) is 24.3 Å². The Labute approximate surface area is 189 Å². The van der Waals surface area contributed by atoms with Gasteiger partial charge in [-0.3, -0.25) is 0 Å². The number of aryl methyl sites for hydroxylation is 3. The van der Waals surface area contributed by atoms with Gasteiger partial charge >= 0.3 is 0 Å². The third-order valence-corrected chi connectivity index (χ3v) is 6.60. The molecule has 2 N–H and O–H groups in total. The second-order valence-electron chi connectivity index (χ2n) is 8.33. The van der Waals surface area contributed by atoms with E-state index >= 15 is 0 Å². The molecule has 0 fully saturated rings. The van der Waals surface area contributed by atoms with Gasteiger partial charge < -0.3 is 9.97 Å². The monoisotopic (exact) mass is 422 g/mol. The van der Waals surface area contributed by atoms with Gasteiger partial charge in [0.25, 0.3) is 0 Å². The van der Waals surface area contributed by atoms with Crippen molar-refractivity contribution in [2.75, 3.05) is 0 Å². The van der Waals surface area contributed by atoms with Crippen LogP contribution in [0.4, 0.5) is 0 Å². The van der Waals surface area contributed by atoms with Crippen LogP contribution in [0, 0.1) is 0 Å². The Hall–Kier alpha value is -3.40. The highest BCUT2D eigenvalue weighted by Crippen LogP contribution is 2.27. The Kier molecular flexibility index (Phi) is 5.30. The molecule has 0 atom stereocenters. The van der Waals surface area contributed by atoms with Crippen molar-refractivity contribution in [1.82, 2.24) is 19.9 Å². The highest BCUT2D eigenvalue weighted by atomic mass is 14.8. The molecular weight excluding hydrogens is 392 g/mol. The maximum absolute atomic E-state index is 5.05. The fraction of sp³-hybridized carbons (Fsp3) is 0.286. The molecule has 0 radical (unpaired) electrons. The molecular formula is C28H30N4. The maximum Gasteiger partial charge on any atom is 0.0691 e. The van der Waals surface area contributed by atoms with E-state index in [1.54, 1.807) is 0 Å². The van der Waals surface area contributed by atoms with Crippen molar-refractivity contribution in [1.29, 1.82) is 0 Å². The molecule has 162 valence electrons. The van der Waals surface area contributed by atoms with Gasteiger partial charge in [0.05, 0.1) is 22.8 Å². The van der Waals surface area contributed by atoms with Gasteiger partial charge in [0.15, 0.2) is 0 Å². The smallest absolute Gasteiger partial charge is 0.0691 e. The van der Waals surface area contributed by atoms with Crippen LogP contribution in [0.25, 0.3) is 46.4 Å². The molecule has 2 aliphatic heterocycles. The molecule has 4 heteroatoms. The normalized spacial score (nSPS) is 12.6. The summed E-state index contributed by atoms with van der Waals surface area (Å²) in [6.45, 7) is 8.78. The van der Waals surface area contributed by atoms with Crippen LogP contribution >= 0.6 is 0 Å². The van der Waals surface area contributed by atoms with Gasteiger partial charge in [-0.15, -0.1) is 0 Å². The first-order valence-corrected chi connectivity index (χ1v) is 11.8. The summed E-state index contributed by atoms with van der Waals surface area (Å²) in [5, 5.41) is 0. The van der Waals surface area contributed by atoms with E-state index in [0.29, 0.717) is 0 Å². The second kappa shape index (κ2) is 8.27. The molecule has 8 bridgehead atoms. The van der Waals surface area contributed by atoms with Crippen molar-refractivity contribution in [2.45, 2.75) is 53.4 Å². The van der Waals surface area contributed by atoms with Crippen LogP contribution in [0.2, 0.25) is 0 Å². The molecule has 4 nitrogen and oxygen atoms in total. The van der Waals surface area contributed by atoms with E-state index < -0.39 is 0 Å². The molecule has 5 rings (SSSR count). The molecule has 0 aromatic carbocycles. The van der Waals surface area contributed by atoms with E-state index in [4.69, 9.17) is 9.97 Å². The number of aromatic amines is 2. The Balaban J connectivity index is 1.98. The zero-order valence-electron chi connectivity index (χ0n) is 19.3. The topological polar surface area (TPSA) is 57.4 Å². The Bertz CT molecular complexity index is 1310. The van der Waals surface area contributed by atoms with Crippen molar-refractivity contribution in [3.63, 3.8) is 0 Å². The molecule has 0 spiro atoms. The minimum Gasteiger partial charge on any atom is -0.355 e. The lowest BCUT2D eigenvalue weighted by atomic mass is 10.1. The fourth-order valence-electron chi connectivity index (χ4n) is 4.93. The van der Waals surface area contributed by atoms with Gasteiger partial charge in [0.2, 0.25) is 0 Å². The summed E-state index contributed by atoms with van der Waals surface area (Å²) in [4.78, 5) is 17.5. The number of nitrogens with zero attached hydrogens (tertiary/aromatic N) is 2. The van der Waals surface area contributed by atoms with Crippen LogP contribution in [0.1, 0.15) is 72.7 Å². The van der Waals surface area contributed by atoms with Crippen molar-refractivity contribution < 1.29 is 0 Å². The Morgan fingerprint density at radius 2 is 0.781 bits per heavy atom. The summed E-state index contributed by atoms with van der Waals surface area (Å²) in [5.74, 6) is 0. The average Bonchev–Trinajstić information content (AvgIpc) is 3.59. The van der Waals surface area contributed by atoms with Gasteiger partial charge in [-0.25, -0.2) is 9.97 Å². The molecule has 5 heterocycles. The summed E-state index contributed by atoms with van der Waals surface area (Å²) >= 11 is 0. The summed E-state index contributed by atoms with van der Waals surface area (Å²) < 4.78 is 0. The molecule has 32 heavy (non-hydrogen) atoms. The highest BCUT2D eigenvalue weighted by Gasteiger charge is 2.14. The summed E-state index contributed by atoms with van der Waals surface area (Å²) in [5.41, 5.74) is 13.7. The van der Waals surface area contributed by atoms with Gasteiger partial charge in [-0.2, -0.15) is 0 Å². The van der Waals surface area contributed by atoms with Crippen LogP contribution in [-0.2, 0) is 25.7 Å². The maximum atomic E-state index is 5.05. The Morgan fingerprint density at radius 3 is 1.12 bits per heavy atom. The molecule has 0 unspecified atom stereocenters. The first kappa shape index (κ1) is 20.5. The molecule has 0 aliphatic carbocycles. The number of rotatable bonds is 4. The lowest BCUT2D eigenvalue weighted by molar-refractivity contribution is 1.05. The van der Waals surface area contributed by atoms with E-state index in [9.17, 15) is 0 Å². The quantitative estimate of drug-likeness (QED) is 0.331. The zero-order valence-corrected chi connectivity index (χ0v) is 19.3. The lowest BCUT2D eigenvalue weighted by Crippen LogP contribution is -1.94. The van der Waals surface area contributed by atoms with Gasteiger partial charge in [0.1, 0.15) is 0 Å². The van der Waals surface area contributed by atoms with E-state index in [1.807, 2.05) is 0 Å². The zero-order chi connectivity index (χ0) is 22.2. The predicted molar refractivity (Wildman–Crippen MR) is 136 cm³/mol. The van der Waals surface area contributed by atoms with Gasteiger partial charge in [-0.05, 0) is 79.8 Å². The second-order valence-corrected chi connectivity index (χ2v) is 8.33. The van der Waals surface area contributed by atoms with E-state index in [-0.39, 0.29) is 0 Å². The molecule has 2 aliphatic rings. The number of fused-ring (bicyclic) bond motifs is 8. The van der Waals surface area contributed by atoms with Crippen LogP contribution in [-0.4, -0.2) is 19.9 Å². The number of hydrogen-bond acceptors (Lipinski definition) is 2. The number of hydrogen-bond donors (Lipinski definition) is 2. The summed E-state index contributed by atoms with van der Waals surface area (Å²) in [7, 11) is 0. The third kappa shape index (κ3) is 3.31. The summed E-state index contributed by atoms with van der Waals surface area (Å²) in [6, 6.07) is 8.79. The van der Waals surface area contributed by atoms with E-state index in [0.717, 1.165) is 70.5 Å². The minimum absolute atomic E-state index is 0.893. The number of nitrogens with one attached hydrogen (secondary N) is 2.